The fraction of sp³-hybridized carbons (Fsp3) is 0.562. The van der Waals surface area contributed by atoms with Gasteiger partial charge in [0, 0.05) is 45.4 Å². The zero-order chi connectivity index (χ0) is 15.5. The standard InChI is InChI=1S/C16H26ClN3O.HI/c1-4-21-12-8-7-11-19-16(18-2)20(3)13-14-9-5-6-10-15(14)17;/h5-6,9-10H,4,7-8,11-13H2,1-3H3,(H,18,19);1H. The molecule has 1 rings (SSSR count). The van der Waals surface area contributed by atoms with Gasteiger partial charge in [0.15, 0.2) is 5.96 Å². The van der Waals surface area contributed by atoms with Crippen molar-refractivity contribution in [3.8, 4) is 0 Å². The molecule has 0 aliphatic rings. The molecule has 0 heterocycles. The number of nitrogens with one attached hydrogen (secondary N) is 1. The van der Waals surface area contributed by atoms with Crippen LogP contribution >= 0.6 is 35.6 Å². The van der Waals surface area contributed by atoms with E-state index in [9.17, 15) is 0 Å². The quantitative estimate of drug-likeness (QED) is 0.290. The predicted molar refractivity (Wildman–Crippen MR) is 105 cm³/mol. The Morgan fingerprint density at radius 3 is 2.68 bits per heavy atom. The van der Waals surface area contributed by atoms with E-state index < -0.39 is 0 Å². The zero-order valence-electron chi connectivity index (χ0n) is 13.6. The van der Waals surface area contributed by atoms with E-state index in [1.807, 2.05) is 38.2 Å². The van der Waals surface area contributed by atoms with Gasteiger partial charge in [0.05, 0.1) is 0 Å². The van der Waals surface area contributed by atoms with Crippen LogP contribution in [0.3, 0.4) is 0 Å². The van der Waals surface area contributed by atoms with E-state index in [-0.39, 0.29) is 24.0 Å². The van der Waals surface area contributed by atoms with E-state index in [1.54, 1.807) is 7.05 Å². The molecule has 0 atom stereocenters. The lowest BCUT2D eigenvalue weighted by molar-refractivity contribution is 0.143. The van der Waals surface area contributed by atoms with E-state index >= 15 is 0 Å². The Morgan fingerprint density at radius 1 is 1.32 bits per heavy atom. The molecule has 0 spiro atoms. The Labute approximate surface area is 156 Å². The van der Waals surface area contributed by atoms with Gasteiger partial charge < -0.3 is 15.0 Å². The molecule has 0 bridgehead atoms. The lowest BCUT2D eigenvalue weighted by atomic mass is 10.2. The first kappa shape index (κ1) is 21.5. The molecule has 22 heavy (non-hydrogen) atoms. The van der Waals surface area contributed by atoms with Gasteiger partial charge in [-0.05, 0) is 31.4 Å². The van der Waals surface area contributed by atoms with Crippen molar-refractivity contribution in [2.75, 3.05) is 33.9 Å². The molecule has 1 N–H and O–H groups in total. The van der Waals surface area contributed by atoms with Gasteiger partial charge in [-0.15, -0.1) is 24.0 Å². The number of nitrogens with zero attached hydrogens (tertiary/aromatic N) is 2. The highest BCUT2D eigenvalue weighted by molar-refractivity contribution is 14.0. The highest BCUT2D eigenvalue weighted by Crippen LogP contribution is 2.16. The molecular formula is C16H27ClIN3O. The van der Waals surface area contributed by atoms with Crippen LogP contribution in [0.5, 0.6) is 0 Å². The van der Waals surface area contributed by atoms with Crippen LogP contribution in [0.1, 0.15) is 25.3 Å². The van der Waals surface area contributed by atoms with Gasteiger partial charge in [-0.3, -0.25) is 4.99 Å². The summed E-state index contributed by atoms with van der Waals surface area (Å²) in [5.74, 6) is 0.881. The van der Waals surface area contributed by atoms with Crippen LogP contribution in [0.25, 0.3) is 0 Å². The summed E-state index contributed by atoms with van der Waals surface area (Å²) in [6.45, 7) is 5.26. The van der Waals surface area contributed by atoms with Crippen molar-refractivity contribution in [2.45, 2.75) is 26.3 Å². The summed E-state index contributed by atoms with van der Waals surface area (Å²) in [6, 6.07) is 7.89. The number of aliphatic imine (C=N–C) groups is 1. The van der Waals surface area contributed by atoms with E-state index in [0.717, 1.165) is 55.7 Å². The molecule has 0 radical (unpaired) electrons. The SMILES string of the molecule is CCOCCCCNC(=NC)N(C)Cc1ccccc1Cl.I. The Hall–Kier alpha value is -0.530. The molecule has 0 unspecified atom stereocenters. The fourth-order valence-corrected chi connectivity index (χ4v) is 2.21. The lowest BCUT2D eigenvalue weighted by Gasteiger charge is -2.22. The normalized spacial score (nSPS) is 11.0. The van der Waals surface area contributed by atoms with Gasteiger partial charge in [-0.25, -0.2) is 0 Å². The van der Waals surface area contributed by atoms with Gasteiger partial charge in [0.2, 0.25) is 0 Å². The Morgan fingerprint density at radius 2 is 2.05 bits per heavy atom. The third-order valence-corrected chi connectivity index (χ3v) is 3.51. The van der Waals surface area contributed by atoms with Gasteiger partial charge in [0.25, 0.3) is 0 Å². The van der Waals surface area contributed by atoms with Crippen molar-refractivity contribution in [1.82, 2.24) is 10.2 Å². The Balaban J connectivity index is 0.00000441. The molecule has 0 fully saturated rings. The second kappa shape index (κ2) is 13.0. The third-order valence-electron chi connectivity index (χ3n) is 3.14. The number of benzene rings is 1. The van der Waals surface area contributed by atoms with Crippen molar-refractivity contribution >= 4 is 41.5 Å². The lowest BCUT2D eigenvalue weighted by Crippen LogP contribution is -2.39. The number of guanidine groups is 1. The van der Waals surface area contributed by atoms with E-state index in [1.165, 1.54) is 0 Å². The number of rotatable bonds is 8. The van der Waals surface area contributed by atoms with Crippen LogP contribution in [0.15, 0.2) is 29.3 Å². The first-order valence-corrected chi connectivity index (χ1v) is 7.79. The number of unbranched alkanes of at least 4 members (excludes halogenated alkanes) is 1. The summed E-state index contributed by atoms with van der Waals surface area (Å²) in [5, 5.41) is 4.15. The minimum atomic E-state index is 0. The molecule has 1 aromatic rings. The minimum absolute atomic E-state index is 0. The maximum absolute atomic E-state index is 6.19. The average Bonchev–Trinajstić information content (AvgIpc) is 2.49. The van der Waals surface area contributed by atoms with Gasteiger partial charge in [-0.1, -0.05) is 29.8 Å². The van der Waals surface area contributed by atoms with Crippen LogP contribution in [0.4, 0.5) is 0 Å². The largest absolute Gasteiger partial charge is 0.382 e. The Bertz CT molecular complexity index is 443. The van der Waals surface area contributed by atoms with Crippen molar-refractivity contribution in [2.24, 2.45) is 4.99 Å². The number of hydrogen-bond donors (Lipinski definition) is 1. The van der Waals surface area contributed by atoms with Crippen LogP contribution in [-0.2, 0) is 11.3 Å². The van der Waals surface area contributed by atoms with Crippen LogP contribution in [-0.4, -0.2) is 44.7 Å². The molecule has 0 saturated carbocycles. The van der Waals surface area contributed by atoms with Gasteiger partial charge >= 0.3 is 0 Å². The summed E-state index contributed by atoms with van der Waals surface area (Å²) in [5.41, 5.74) is 1.10. The zero-order valence-corrected chi connectivity index (χ0v) is 16.7. The third kappa shape index (κ3) is 8.19. The van der Waals surface area contributed by atoms with Crippen molar-refractivity contribution in [3.63, 3.8) is 0 Å². The first-order valence-electron chi connectivity index (χ1n) is 7.42. The number of ether oxygens (including phenoxy) is 1. The minimum Gasteiger partial charge on any atom is -0.382 e. The van der Waals surface area contributed by atoms with Crippen molar-refractivity contribution in [3.05, 3.63) is 34.9 Å². The first-order chi connectivity index (χ1) is 10.2. The molecule has 0 amide bonds. The Kier molecular flexibility index (Phi) is 12.6. The second-order valence-electron chi connectivity index (χ2n) is 4.83. The fourth-order valence-electron chi connectivity index (χ4n) is 2.02. The van der Waals surface area contributed by atoms with Crippen molar-refractivity contribution < 1.29 is 4.74 Å². The van der Waals surface area contributed by atoms with Gasteiger partial charge in [-0.2, -0.15) is 0 Å². The molecule has 126 valence electrons. The summed E-state index contributed by atoms with van der Waals surface area (Å²) >= 11 is 6.19. The summed E-state index contributed by atoms with van der Waals surface area (Å²) in [4.78, 5) is 6.38. The van der Waals surface area contributed by atoms with Crippen LogP contribution < -0.4 is 5.32 Å². The number of halogens is 2. The summed E-state index contributed by atoms with van der Waals surface area (Å²) in [7, 11) is 3.81. The smallest absolute Gasteiger partial charge is 0.193 e. The maximum atomic E-state index is 6.19. The summed E-state index contributed by atoms with van der Waals surface area (Å²) in [6.07, 6.45) is 2.13. The molecule has 0 aliphatic heterocycles. The molecule has 4 nitrogen and oxygen atoms in total. The van der Waals surface area contributed by atoms with Crippen LogP contribution in [0.2, 0.25) is 5.02 Å². The molecule has 6 heteroatoms. The highest BCUT2D eigenvalue weighted by Gasteiger charge is 2.08. The monoisotopic (exact) mass is 439 g/mol. The second-order valence-corrected chi connectivity index (χ2v) is 5.23. The molecule has 0 saturated heterocycles. The van der Waals surface area contributed by atoms with Crippen molar-refractivity contribution in [1.29, 1.82) is 0 Å². The van der Waals surface area contributed by atoms with Gasteiger partial charge in [0.1, 0.15) is 0 Å². The molecular weight excluding hydrogens is 413 g/mol. The summed E-state index contributed by atoms with van der Waals surface area (Å²) < 4.78 is 5.32. The maximum Gasteiger partial charge on any atom is 0.193 e. The van der Waals surface area contributed by atoms with E-state index in [0.29, 0.717) is 0 Å². The molecule has 0 aliphatic carbocycles. The predicted octanol–water partition coefficient (Wildman–Crippen LogP) is 3.78. The molecule has 1 aromatic carbocycles. The topological polar surface area (TPSA) is 36.9 Å². The van der Waals surface area contributed by atoms with E-state index in [2.05, 4.69) is 15.2 Å². The molecule has 0 aromatic heterocycles. The highest BCUT2D eigenvalue weighted by atomic mass is 127. The van der Waals surface area contributed by atoms with E-state index in [4.69, 9.17) is 16.3 Å². The number of hydrogen-bond acceptors (Lipinski definition) is 2. The average molecular weight is 440 g/mol. The van der Waals surface area contributed by atoms with Crippen LogP contribution in [0, 0.1) is 0 Å².